The van der Waals surface area contributed by atoms with Gasteiger partial charge in [-0.1, -0.05) is 36.4 Å². The van der Waals surface area contributed by atoms with Crippen LogP contribution in [0.1, 0.15) is 24.4 Å². The summed E-state index contributed by atoms with van der Waals surface area (Å²) < 4.78 is 74.7. The molecule has 1 aliphatic heterocycles. The van der Waals surface area contributed by atoms with E-state index in [4.69, 9.17) is 4.74 Å². The van der Waals surface area contributed by atoms with E-state index in [-0.39, 0.29) is 11.5 Å². The van der Waals surface area contributed by atoms with Gasteiger partial charge in [-0.25, -0.2) is 0 Å². The number of ether oxygens (including phenoxy) is 2. The Hall–Kier alpha value is -3.07. The van der Waals surface area contributed by atoms with Crippen LogP contribution in [0.2, 0.25) is 0 Å². The maximum absolute atomic E-state index is 13.5. The monoisotopic (exact) mass is 453 g/mol. The minimum absolute atomic E-state index is 0.0323. The largest absolute Gasteiger partial charge is 0.508 e. The summed E-state index contributed by atoms with van der Waals surface area (Å²) in [5.74, 6) is -0.929. The molecular formula is C23H20F5NO3. The number of nitrogens with one attached hydrogen (secondary N) is 1. The fourth-order valence-electron chi connectivity index (χ4n) is 3.78. The van der Waals surface area contributed by atoms with Crippen molar-refractivity contribution in [2.24, 2.45) is 0 Å². The fraction of sp³-hybridized carbons (Fsp3) is 0.304. The molecule has 4 rings (SSSR count). The van der Waals surface area contributed by atoms with E-state index in [1.165, 1.54) is 18.2 Å². The Morgan fingerprint density at radius 3 is 2.19 bits per heavy atom. The molecular weight excluding hydrogens is 433 g/mol. The molecule has 0 bridgehead atoms. The number of benzene rings is 3. The molecule has 3 aromatic carbocycles. The van der Waals surface area contributed by atoms with Gasteiger partial charge >= 0.3 is 12.3 Å². The highest BCUT2D eigenvalue weighted by Gasteiger charge is 2.61. The third kappa shape index (κ3) is 4.43. The van der Waals surface area contributed by atoms with Gasteiger partial charge in [-0.05, 0) is 54.4 Å². The van der Waals surface area contributed by atoms with Gasteiger partial charge in [0.25, 0.3) is 0 Å². The predicted molar refractivity (Wildman–Crippen MR) is 108 cm³/mol. The number of alkyl halides is 5. The number of para-hydroxylation sites is 2. The van der Waals surface area contributed by atoms with E-state index in [1.807, 2.05) is 30.3 Å². The molecule has 0 radical (unpaired) electrons. The molecule has 1 saturated heterocycles. The van der Waals surface area contributed by atoms with E-state index in [1.54, 1.807) is 6.07 Å². The zero-order valence-electron chi connectivity index (χ0n) is 16.7. The second kappa shape index (κ2) is 8.46. The van der Waals surface area contributed by atoms with Crippen molar-refractivity contribution in [3.63, 3.8) is 0 Å². The smallest absolute Gasteiger partial charge is 0.499 e. The van der Waals surface area contributed by atoms with Crippen LogP contribution in [0.5, 0.6) is 17.2 Å². The van der Waals surface area contributed by atoms with Crippen LogP contribution < -0.4 is 14.8 Å². The molecule has 2 atom stereocenters. The summed E-state index contributed by atoms with van der Waals surface area (Å²) in [6.45, 7) is 0.626. The summed E-state index contributed by atoms with van der Waals surface area (Å²) in [7, 11) is 0. The average molecular weight is 453 g/mol. The average Bonchev–Trinajstić information content (AvgIpc) is 2.74. The van der Waals surface area contributed by atoms with Gasteiger partial charge in [0.05, 0.1) is 6.04 Å². The van der Waals surface area contributed by atoms with E-state index in [2.05, 4.69) is 10.1 Å². The maximum Gasteiger partial charge on any atom is 0.499 e. The lowest BCUT2D eigenvalue weighted by molar-refractivity contribution is -0.360. The zero-order chi connectivity index (χ0) is 22.9. The van der Waals surface area contributed by atoms with Crippen molar-refractivity contribution in [1.82, 2.24) is 5.32 Å². The van der Waals surface area contributed by atoms with Crippen LogP contribution in [0, 0.1) is 0 Å². The van der Waals surface area contributed by atoms with Crippen molar-refractivity contribution >= 4 is 10.8 Å². The number of rotatable bonds is 5. The van der Waals surface area contributed by atoms with E-state index in [9.17, 15) is 27.1 Å². The number of phenolic OH excluding ortho intramolecular Hbond substituents is 1. The fourth-order valence-corrected chi connectivity index (χ4v) is 3.78. The molecule has 3 aromatic rings. The highest BCUT2D eigenvalue weighted by atomic mass is 19.4. The van der Waals surface area contributed by atoms with Crippen molar-refractivity contribution in [2.75, 3.05) is 6.54 Å². The first-order valence-corrected chi connectivity index (χ1v) is 10.00. The molecule has 1 aliphatic rings. The Labute approximate surface area is 180 Å². The van der Waals surface area contributed by atoms with Crippen molar-refractivity contribution in [2.45, 2.75) is 37.3 Å². The Bertz CT molecular complexity index is 1100. The third-order valence-corrected chi connectivity index (χ3v) is 5.33. The van der Waals surface area contributed by atoms with E-state index in [0.717, 1.165) is 16.8 Å². The molecule has 4 nitrogen and oxygen atoms in total. The van der Waals surface area contributed by atoms with Gasteiger partial charge in [0.1, 0.15) is 11.9 Å². The molecule has 1 heterocycles. The molecule has 0 spiro atoms. The van der Waals surface area contributed by atoms with Gasteiger partial charge in [0.15, 0.2) is 11.5 Å². The third-order valence-electron chi connectivity index (χ3n) is 5.33. The SMILES string of the molecule is Oc1cc2ccccc2cc1C1NCCCC1Oc1ccccc1OC(F)(F)C(F)(F)F. The lowest BCUT2D eigenvalue weighted by atomic mass is 9.92. The summed E-state index contributed by atoms with van der Waals surface area (Å²) in [6.07, 6.45) is -10.7. The van der Waals surface area contributed by atoms with Crippen molar-refractivity contribution in [3.8, 4) is 17.2 Å². The number of phenols is 1. The second-order valence-electron chi connectivity index (χ2n) is 7.55. The Morgan fingerprint density at radius 2 is 1.50 bits per heavy atom. The normalized spacial score (nSPS) is 19.7. The van der Waals surface area contributed by atoms with Crippen LogP contribution in [0.4, 0.5) is 22.0 Å². The van der Waals surface area contributed by atoms with Gasteiger partial charge in [-0.2, -0.15) is 22.0 Å². The summed E-state index contributed by atoms with van der Waals surface area (Å²) >= 11 is 0. The second-order valence-corrected chi connectivity index (χ2v) is 7.55. The van der Waals surface area contributed by atoms with Crippen LogP contribution in [0.3, 0.4) is 0 Å². The summed E-state index contributed by atoms with van der Waals surface area (Å²) in [5.41, 5.74) is 0.549. The van der Waals surface area contributed by atoms with E-state index >= 15 is 0 Å². The topological polar surface area (TPSA) is 50.7 Å². The molecule has 0 saturated carbocycles. The highest BCUT2D eigenvalue weighted by molar-refractivity contribution is 5.85. The molecule has 9 heteroatoms. The number of hydrogen-bond acceptors (Lipinski definition) is 4. The van der Waals surface area contributed by atoms with Crippen LogP contribution in [-0.4, -0.2) is 30.0 Å². The molecule has 32 heavy (non-hydrogen) atoms. The Morgan fingerprint density at radius 1 is 0.875 bits per heavy atom. The van der Waals surface area contributed by atoms with Gasteiger partial charge in [-0.15, -0.1) is 0 Å². The lowest BCUT2D eigenvalue weighted by Crippen LogP contribution is -2.42. The molecule has 2 N–H and O–H groups in total. The van der Waals surface area contributed by atoms with Gasteiger partial charge in [0, 0.05) is 5.56 Å². The number of piperidine rings is 1. The minimum atomic E-state index is -5.87. The predicted octanol–water partition coefficient (Wildman–Crippen LogP) is 5.95. The van der Waals surface area contributed by atoms with Crippen molar-refractivity contribution < 1.29 is 36.5 Å². The molecule has 0 aliphatic carbocycles. The zero-order valence-corrected chi connectivity index (χ0v) is 16.7. The standard InChI is InChI=1S/C23H20F5NO3/c24-22(25,26)23(27,28)32-19-9-4-3-8-18(19)31-20-10-5-11-29-21(20)16-12-14-6-1-2-7-15(14)13-17(16)30/h1-4,6-9,12-13,20-21,29-30H,5,10-11H2. The van der Waals surface area contributed by atoms with E-state index < -0.39 is 30.2 Å². The van der Waals surface area contributed by atoms with Crippen LogP contribution in [0.15, 0.2) is 60.7 Å². The van der Waals surface area contributed by atoms with Crippen molar-refractivity contribution in [3.05, 3.63) is 66.2 Å². The van der Waals surface area contributed by atoms with E-state index in [0.29, 0.717) is 24.9 Å². The van der Waals surface area contributed by atoms with Gasteiger partial charge in [0.2, 0.25) is 0 Å². The van der Waals surface area contributed by atoms with Crippen LogP contribution in [0.25, 0.3) is 10.8 Å². The van der Waals surface area contributed by atoms with Gasteiger partial charge < -0.3 is 19.9 Å². The molecule has 0 aromatic heterocycles. The molecule has 1 fully saturated rings. The lowest BCUT2D eigenvalue weighted by Gasteiger charge is -2.34. The molecule has 2 unspecified atom stereocenters. The first-order valence-electron chi connectivity index (χ1n) is 10.00. The maximum atomic E-state index is 13.5. The van der Waals surface area contributed by atoms with Crippen LogP contribution in [-0.2, 0) is 0 Å². The number of halogens is 5. The number of hydrogen-bond donors (Lipinski definition) is 2. The summed E-state index contributed by atoms with van der Waals surface area (Å²) in [5, 5.41) is 15.6. The Balaban J connectivity index is 1.64. The number of fused-ring (bicyclic) bond motifs is 1. The minimum Gasteiger partial charge on any atom is -0.508 e. The first-order chi connectivity index (χ1) is 15.2. The Kier molecular flexibility index (Phi) is 5.85. The quantitative estimate of drug-likeness (QED) is 0.469. The first kappa shape index (κ1) is 22.1. The molecule has 170 valence electrons. The highest BCUT2D eigenvalue weighted by Crippen LogP contribution is 2.42. The number of aromatic hydroxyl groups is 1. The van der Waals surface area contributed by atoms with Crippen LogP contribution >= 0.6 is 0 Å². The summed E-state index contributed by atoms with van der Waals surface area (Å²) in [6, 6.07) is 15.4. The van der Waals surface area contributed by atoms with Crippen molar-refractivity contribution in [1.29, 1.82) is 0 Å². The summed E-state index contributed by atoms with van der Waals surface area (Å²) in [4.78, 5) is 0. The molecule has 0 amide bonds. The van der Waals surface area contributed by atoms with Gasteiger partial charge in [-0.3, -0.25) is 0 Å².